The molecule has 0 radical (unpaired) electrons. The molecule has 9 heteroatoms. The van der Waals surface area contributed by atoms with Crippen molar-refractivity contribution in [2.75, 3.05) is 19.0 Å². The number of amides is 1. The third-order valence-electron chi connectivity index (χ3n) is 4.84. The highest BCUT2D eigenvalue weighted by Gasteiger charge is 2.24. The van der Waals surface area contributed by atoms with E-state index in [1.807, 2.05) is 37.3 Å². The maximum Gasteiger partial charge on any atom is 0.244 e. The Kier molecular flexibility index (Phi) is 6.77. The molecule has 0 aliphatic rings. The Labute approximate surface area is 181 Å². The van der Waals surface area contributed by atoms with Gasteiger partial charge < -0.3 is 9.26 Å². The minimum Gasteiger partial charge on any atom is -0.495 e. The maximum absolute atomic E-state index is 13.1. The van der Waals surface area contributed by atoms with Crippen LogP contribution in [0.25, 0.3) is 11.1 Å². The molecule has 0 fully saturated rings. The van der Waals surface area contributed by atoms with Gasteiger partial charge in [-0.15, -0.1) is 0 Å². The van der Waals surface area contributed by atoms with Crippen molar-refractivity contribution in [1.29, 1.82) is 0 Å². The predicted molar refractivity (Wildman–Crippen MR) is 118 cm³/mol. The Morgan fingerprint density at radius 3 is 2.55 bits per heavy atom. The van der Waals surface area contributed by atoms with Gasteiger partial charge in [-0.2, -0.15) is 0 Å². The summed E-state index contributed by atoms with van der Waals surface area (Å²) in [4.78, 5) is 11.5. The van der Waals surface area contributed by atoms with Crippen LogP contribution in [0.15, 0.2) is 57.9 Å². The quantitative estimate of drug-likeness (QED) is 0.549. The van der Waals surface area contributed by atoms with E-state index in [0.29, 0.717) is 16.8 Å². The molecule has 1 aromatic heterocycles. The fourth-order valence-corrected chi connectivity index (χ4v) is 4.53. The van der Waals surface area contributed by atoms with Gasteiger partial charge in [-0.3, -0.25) is 10.1 Å². The van der Waals surface area contributed by atoms with E-state index < -0.39 is 10.0 Å². The van der Waals surface area contributed by atoms with Gasteiger partial charge in [0.05, 0.1) is 18.4 Å². The number of sulfonamides is 1. The molecule has 1 atom stereocenters. The number of ether oxygens (including phenoxy) is 1. The van der Waals surface area contributed by atoms with Crippen molar-refractivity contribution in [3.8, 4) is 16.9 Å². The molecule has 0 aliphatic carbocycles. The summed E-state index contributed by atoms with van der Waals surface area (Å²) in [6.45, 7) is 5.24. The zero-order chi connectivity index (χ0) is 22.6. The second kappa shape index (κ2) is 9.32. The van der Waals surface area contributed by atoms with Crippen molar-refractivity contribution in [3.63, 3.8) is 0 Å². The number of aryl methyl sites for hydroxylation is 1. The number of carbonyl (C=O) groups is 1. The normalized spacial score (nSPS) is 12.4. The van der Waals surface area contributed by atoms with Crippen LogP contribution in [0.3, 0.4) is 0 Å². The van der Waals surface area contributed by atoms with Gasteiger partial charge >= 0.3 is 0 Å². The van der Waals surface area contributed by atoms with Gasteiger partial charge in [0.15, 0.2) is 0 Å². The lowest BCUT2D eigenvalue weighted by molar-refractivity contribution is -0.114. The lowest BCUT2D eigenvalue weighted by Crippen LogP contribution is -2.28. The SMILES string of the molecule is COc1ccc(-c2c(C)noc2NC(C)=O)cc1S(=O)(=O)NC[C@@H](C)c1ccccc1. The number of methoxy groups -OCH3 is 1. The minimum absolute atomic E-state index is 0.0119. The number of benzene rings is 2. The van der Waals surface area contributed by atoms with Crippen molar-refractivity contribution in [3.05, 3.63) is 59.8 Å². The molecular weight excluding hydrogens is 418 g/mol. The molecule has 0 aliphatic heterocycles. The van der Waals surface area contributed by atoms with Crippen molar-refractivity contribution in [1.82, 2.24) is 9.88 Å². The molecule has 8 nitrogen and oxygen atoms in total. The topological polar surface area (TPSA) is 111 Å². The average molecular weight is 444 g/mol. The molecule has 31 heavy (non-hydrogen) atoms. The Hall–Kier alpha value is -3.17. The summed E-state index contributed by atoms with van der Waals surface area (Å²) in [5, 5.41) is 6.46. The zero-order valence-corrected chi connectivity index (χ0v) is 18.6. The molecule has 2 N–H and O–H groups in total. The summed E-state index contributed by atoms with van der Waals surface area (Å²) in [7, 11) is -2.47. The second-order valence-corrected chi connectivity index (χ2v) is 8.92. The van der Waals surface area contributed by atoms with Crippen LogP contribution in [0.1, 0.15) is 31.0 Å². The molecule has 1 amide bonds. The maximum atomic E-state index is 13.1. The highest BCUT2D eigenvalue weighted by Crippen LogP contribution is 2.35. The van der Waals surface area contributed by atoms with E-state index in [9.17, 15) is 13.2 Å². The summed E-state index contributed by atoms with van der Waals surface area (Å²) < 4.78 is 39.4. The fourth-order valence-electron chi connectivity index (χ4n) is 3.21. The molecule has 3 aromatic rings. The zero-order valence-electron chi connectivity index (χ0n) is 17.8. The number of nitrogens with one attached hydrogen (secondary N) is 2. The molecule has 164 valence electrons. The second-order valence-electron chi connectivity index (χ2n) is 7.18. The first kappa shape index (κ1) is 22.5. The monoisotopic (exact) mass is 443 g/mol. The highest BCUT2D eigenvalue weighted by atomic mass is 32.2. The van der Waals surface area contributed by atoms with Crippen LogP contribution in [0.2, 0.25) is 0 Å². The van der Waals surface area contributed by atoms with Crippen molar-refractivity contribution >= 4 is 21.8 Å². The van der Waals surface area contributed by atoms with E-state index in [1.54, 1.807) is 19.1 Å². The molecule has 3 rings (SSSR count). The van der Waals surface area contributed by atoms with Crippen LogP contribution < -0.4 is 14.8 Å². The summed E-state index contributed by atoms with van der Waals surface area (Å²) >= 11 is 0. The highest BCUT2D eigenvalue weighted by molar-refractivity contribution is 7.89. The summed E-state index contributed by atoms with van der Waals surface area (Å²) in [5.74, 6) is 0.0233. The van der Waals surface area contributed by atoms with Crippen molar-refractivity contribution in [2.24, 2.45) is 0 Å². The van der Waals surface area contributed by atoms with Gasteiger partial charge in [-0.25, -0.2) is 13.1 Å². The standard InChI is InChI=1S/C22H25N3O5S/c1-14(17-8-6-5-7-9-17)13-23-31(27,28)20-12-18(10-11-19(20)29-4)21-15(2)25-30-22(21)24-16(3)26/h5-12,14,23H,13H2,1-4H3,(H,24,26)/t14-/m1/s1. The molecule has 0 spiro atoms. The van der Waals surface area contributed by atoms with E-state index >= 15 is 0 Å². The summed E-state index contributed by atoms with van der Waals surface area (Å²) in [6.07, 6.45) is 0. The van der Waals surface area contributed by atoms with E-state index in [4.69, 9.17) is 9.26 Å². The van der Waals surface area contributed by atoms with E-state index in [1.165, 1.54) is 20.1 Å². The number of hydrogen-bond acceptors (Lipinski definition) is 6. The Bertz CT molecular complexity index is 1170. The number of rotatable bonds is 8. The number of carbonyl (C=O) groups excluding carboxylic acids is 1. The van der Waals surface area contributed by atoms with E-state index in [-0.39, 0.29) is 34.9 Å². The largest absolute Gasteiger partial charge is 0.495 e. The van der Waals surface area contributed by atoms with Crippen LogP contribution in [0.5, 0.6) is 5.75 Å². The lowest BCUT2D eigenvalue weighted by atomic mass is 10.0. The molecule has 0 saturated heterocycles. The van der Waals surface area contributed by atoms with Crippen LogP contribution in [-0.4, -0.2) is 33.1 Å². The number of anilines is 1. The van der Waals surface area contributed by atoms with Crippen LogP contribution >= 0.6 is 0 Å². The molecule has 0 saturated carbocycles. The Morgan fingerprint density at radius 1 is 1.19 bits per heavy atom. The fraction of sp³-hybridized carbons (Fsp3) is 0.273. The van der Waals surface area contributed by atoms with E-state index in [0.717, 1.165) is 5.56 Å². The van der Waals surface area contributed by atoms with Crippen LogP contribution in [0.4, 0.5) is 5.88 Å². The number of nitrogens with zero attached hydrogens (tertiary/aromatic N) is 1. The average Bonchev–Trinajstić information content (AvgIpc) is 3.11. The first-order valence-electron chi connectivity index (χ1n) is 9.69. The molecular formula is C22H25N3O5S. The third kappa shape index (κ3) is 5.12. The lowest BCUT2D eigenvalue weighted by Gasteiger charge is -2.16. The third-order valence-corrected chi connectivity index (χ3v) is 6.29. The molecule has 0 bridgehead atoms. The van der Waals surface area contributed by atoms with Gasteiger partial charge in [-0.05, 0) is 36.1 Å². The summed E-state index contributed by atoms with van der Waals surface area (Å²) in [5.41, 5.74) is 2.58. The van der Waals surface area contributed by atoms with Gasteiger partial charge in [-0.1, -0.05) is 48.5 Å². The van der Waals surface area contributed by atoms with Crippen LogP contribution in [-0.2, 0) is 14.8 Å². The van der Waals surface area contributed by atoms with Gasteiger partial charge in [0.1, 0.15) is 10.6 Å². The number of hydrogen-bond donors (Lipinski definition) is 2. The first-order valence-corrected chi connectivity index (χ1v) is 11.2. The van der Waals surface area contributed by atoms with Crippen LogP contribution in [0, 0.1) is 6.92 Å². The Morgan fingerprint density at radius 2 is 1.90 bits per heavy atom. The van der Waals surface area contributed by atoms with Gasteiger partial charge in [0, 0.05) is 13.5 Å². The Balaban J connectivity index is 1.94. The first-order chi connectivity index (χ1) is 14.7. The van der Waals surface area contributed by atoms with Crippen molar-refractivity contribution < 1.29 is 22.5 Å². The van der Waals surface area contributed by atoms with E-state index in [2.05, 4.69) is 15.2 Å². The number of aromatic nitrogens is 1. The minimum atomic E-state index is -3.88. The summed E-state index contributed by atoms with van der Waals surface area (Å²) in [6, 6.07) is 14.4. The smallest absolute Gasteiger partial charge is 0.244 e. The van der Waals surface area contributed by atoms with Gasteiger partial charge in [0.2, 0.25) is 21.8 Å². The molecule has 0 unspecified atom stereocenters. The van der Waals surface area contributed by atoms with Gasteiger partial charge in [0.25, 0.3) is 0 Å². The molecule has 1 heterocycles. The molecule has 2 aromatic carbocycles. The van der Waals surface area contributed by atoms with Crippen molar-refractivity contribution in [2.45, 2.75) is 31.6 Å². The predicted octanol–water partition coefficient (Wildman–Crippen LogP) is 3.70.